The van der Waals surface area contributed by atoms with E-state index in [9.17, 15) is 14.4 Å². The lowest BCUT2D eigenvalue weighted by Crippen LogP contribution is -2.39. The number of hydrogen-bond acceptors (Lipinski definition) is 5. The highest BCUT2D eigenvalue weighted by Crippen LogP contribution is 2.16. The zero-order chi connectivity index (χ0) is 16.8. The van der Waals surface area contributed by atoms with Gasteiger partial charge in [-0.1, -0.05) is 0 Å². The third-order valence-electron chi connectivity index (χ3n) is 3.37. The van der Waals surface area contributed by atoms with Crippen LogP contribution >= 0.6 is 0 Å². The van der Waals surface area contributed by atoms with Gasteiger partial charge in [-0.05, 0) is 44.5 Å². The van der Waals surface area contributed by atoms with Gasteiger partial charge < -0.3 is 20.1 Å². The molecule has 0 aromatic heterocycles. The fourth-order valence-electron chi connectivity index (χ4n) is 2.15. The molecule has 0 bridgehead atoms. The van der Waals surface area contributed by atoms with Crippen molar-refractivity contribution < 1.29 is 23.9 Å². The van der Waals surface area contributed by atoms with E-state index in [-0.39, 0.29) is 5.91 Å². The van der Waals surface area contributed by atoms with Crippen LogP contribution in [0.3, 0.4) is 0 Å². The number of rotatable bonds is 6. The van der Waals surface area contributed by atoms with Crippen LogP contribution in [0.4, 0.5) is 5.69 Å². The van der Waals surface area contributed by atoms with Crippen molar-refractivity contribution in [2.24, 2.45) is 0 Å². The van der Waals surface area contributed by atoms with Crippen molar-refractivity contribution in [2.45, 2.75) is 38.8 Å². The van der Waals surface area contributed by atoms with Gasteiger partial charge in [0.05, 0.1) is 6.61 Å². The van der Waals surface area contributed by atoms with Gasteiger partial charge in [0.1, 0.15) is 11.8 Å². The normalized spacial score (nSPS) is 18.0. The molecule has 2 atom stereocenters. The maximum atomic E-state index is 12.0. The fourth-order valence-corrected chi connectivity index (χ4v) is 2.15. The van der Waals surface area contributed by atoms with Gasteiger partial charge in [-0.15, -0.1) is 0 Å². The molecule has 0 spiro atoms. The molecule has 2 rings (SSSR count). The largest absolute Gasteiger partial charge is 0.494 e. The van der Waals surface area contributed by atoms with Crippen LogP contribution in [0.2, 0.25) is 0 Å². The molecule has 1 aliphatic heterocycles. The van der Waals surface area contributed by atoms with Crippen molar-refractivity contribution in [1.29, 1.82) is 0 Å². The summed E-state index contributed by atoms with van der Waals surface area (Å²) in [6.45, 7) is 3.94. The van der Waals surface area contributed by atoms with Gasteiger partial charge >= 0.3 is 5.97 Å². The molecule has 124 valence electrons. The number of esters is 1. The lowest BCUT2D eigenvalue weighted by Gasteiger charge is -2.16. The van der Waals surface area contributed by atoms with E-state index in [2.05, 4.69) is 10.6 Å². The molecule has 0 radical (unpaired) electrons. The molecule has 1 fully saturated rings. The Morgan fingerprint density at radius 3 is 2.61 bits per heavy atom. The van der Waals surface area contributed by atoms with Gasteiger partial charge in [0, 0.05) is 12.1 Å². The van der Waals surface area contributed by atoms with Crippen LogP contribution in [0.5, 0.6) is 5.75 Å². The van der Waals surface area contributed by atoms with E-state index in [1.54, 1.807) is 24.3 Å². The summed E-state index contributed by atoms with van der Waals surface area (Å²) in [5.41, 5.74) is 0.579. The molecule has 2 N–H and O–H groups in total. The van der Waals surface area contributed by atoms with E-state index in [0.717, 1.165) is 0 Å². The van der Waals surface area contributed by atoms with Crippen molar-refractivity contribution in [3.63, 3.8) is 0 Å². The SMILES string of the molecule is CCOc1ccc(NC(=O)[C@@H](C)OC(=O)[C@H]2CCC(=O)N2)cc1. The molecule has 0 unspecified atom stereocenters. The van der Waals surface area contributed by atoms with Crippen LogP contribution in [0.1, 0.15) is 26.7 Å². The first kappa shape index (κ1) is 16.8. The van der Waals surface area contributed by atoms with Crippen molar-refractivity contribution >= 4 is 23.5 Å². The number of benzene rings is 1. The lowest BCUT2D eigenvalue weighted by atomic mass is 10.2. The molecule has 7 heteroatoms. The monoisotopic (exact) mass is 320 g/mol. The third kappa shape index (κ3) is 4.70. The van der Waals surface area contributed by atoms with Crippen molar-refractivity contribution in [1.82, 2.24) is 5.32 Å². The molecule has 1 saturated heterocycles. The Hall–Kier alpha value is -2.57. The van der Waals surface area contributed by atoms with Crippen LogP contribution in [-0.2, 0) is 19.1 Å². The van der Waals surface area contributed by atoms with Crippen molar-refractivity contribution in [3.05, 3.63) is 24.3 Å². The molecular weight excluding hydrogens is 300 g/mol. The van der Waals surface area contributed by atoms with Gasteiger partial charge in [0.2, 0.25) is 5.91 Å². The Kier molecular flexibility index (Phi) is 5.56. The first-order chi connectivity index (χ1) is 11.0. The molecule has 1 aliphatic rings. The van der Waals surface area contributed by atoms with E-state index < -0.39 is 24.0 Å². The van der Waals surface area contributed by atoms with Gasteiger partial charge in [-0.2, -0.15) is 0 Å². The molecule has 1 aromatic carbocycles. The van der Waals surface area contributed by atoms with Crippen molar-refractivity contribution in [2.75, 3.05) is 11.9 Å². The Morgan fingerprint density at radius 1 is 1.35 bits per heavy atom. The first-order valence-corrected chi connectivity index (χ1v) is 7.53. The standard InChI is InChI=1S/C16H20N2O5/c1-3-22-12-6-4-11(5-7-12)17-15(20)10(2)23-16(21)13-8-9-14(19)18-13/h4-7,10,13H,3,8-9H2,1-2H3,(H,17,20)(H,18,19)/t10-,13-/m1/s1. The maximum Gasteiger partial charge on any atom is 0.329 e. The fraction of sp³-hybridized carbons (Fsp3) is 0.438. The Morgan fingerprint density at radius 2 is 2.04 bits per heavy atom. The van der Waals surface area contributed by atoms with Crippen molar-refractivity contribution in [3.8, 4) is 5.75 Å². The summed E-state index contributed by atoms with van der Waals surface area (Å²) in [7, 11) is 0. The predicted octanol–water partition coefficient (Wildman–Crippen LogP) is 1.23. The summed E-state index contributed by atoms with van der Waals surface area (Å²) in [6.07, 6.45) is -0.260. The number of ether oxygens (including phenoxy) is 2. The van der Waals surface area contributed by atoms with Crippen LogP contribution < -0.4 is 15.4 Å². The highest BCUT2D eigenvalue weighted by molar-refractivity contribution is 5.96. The van der Waals surface area contributed by atoms with Crippen LogP contribution in [0, 0.1) is 0 Å². The average Bonchev–Trinajstić information content (AvgIpc) is 2.96. The minimum absolute atomic E-state index is 0.182. The molecule has 2 amide bonds. The lowest BCUT2D eigenvalue weighted by molar-refractivity contribution is -0.155. The van der Waals surface area contributed by atoms with Crippen LogP contribution in [0.25, 0.3) is 0 Å². The summed E-state index contributed by atoms with van der Waals surface area (Å²) in [5.74, 6) is -0.502. The van der Waals surface area contributed by atoms with Crippen LogP contribution in [-0.4, -0.2) is 36.5 Å². The second-order valence-electron chi connectivity index (χ2n) is 5.18. The minimum Gasteiger partial charge on any atom is -0.494 e. The second kappa shape index (κ2) is 7.62. The molecule has 0 saturated carbocycles. The van der Waals surface area contributed by atoms with Gasteiger partial charge in [-0.25, -0.2) is 4.79 Å². The molecule has 0 aliphatic carbocycles. The summed E-state index contributed by atoms with van der Waals surface area (Å²) in [4.78, 5) is 35.0. The Labute approximate surface area is 134 Å². The molecule has 1 heterocycles. The van der Waals surface area contributed by atoms with Gasteiger partial charge in [0.25, 0.3) is 5.91 Å². The number of carbonyl (C=O) groups excluding carboxylic acids is 3. The zero-order valence-electron chi connectivity index (χ0n) is 13.1. The number of anilines is 1. The average molecular weight is 320 g/mol. The first-order valence-electron chi connectivity index (χ1n) is 7.53. The maximum absolute atomic E-state index is 12.0. The second-order valence-corrected chi connectivity index (χ2v) is 5.18. The Balaban J connectivity index is 1.84. The van der Waals surface area contributed by atoms with E-state index in [4.69, 9.17) is 9.47 Å². The van der Waals surface area contributed by atoms with E-state index in [1.165, 1.54) is 6.92 Å². The molecule has 23 heavy (non-hydrogen) atoms. The molecule has 7 nitrogen and oxygen atoms in total. The highest BCUT2D eigenvalue weighted by Gasteiger charge is 2.30. The highest BCUT2D eigenvalue weighted by atomic mass is 16.5. The molecule has 1 aromatic rings. The summed E-state index contributed by atoms with van der Waals surface area (Å²) in [6, 6.07) is 6.22. The van der Waals surface area contributed by atoms with Gasteiger partial charge in [0.15, 0.2) is 6.10 Å². The topological polar surface area (TPSA) is 93.7 Å². The summed E-state index contributed by atoms with van der Waals surface area (Å²) < 4.78 is 10.4. The minimum atomic E-state index is -0.952. The number of amides is 2. The van der Waals surface area contributed by atoms with E-state index in [1.807, 2.05) is 6.92 Å². The number of hydrogen-bond donors (Lipinski definition) is 2. The Bertz CT molecular complexity index is 585. The van der Waals surface area contributed by atoms with Gasteiger partial charge in [-0.3, -0.25) is 9.59 Å². The zero-order valence-corrected chi connectivity index (χ0v) is 13.1. The summed E-state index contributed by atoms with van der Waals surface area (Å²) in [5, 5.41) is 5.16. The quantitative estimate of drug-likeness (QED) is 0.769. The third-order valence-corrected chi connectivity index (χ3v) is 3.37. The number of carbonyl (C=O) groups is 3. The summed E-state index contributed by atoms with van der Waals surface area (Å²) >= 11 is 0. The number of nitrogens with one attached hydrogen (secondary N) is 2. The predicted molar refractivity (Wildman–Crippen MR) is 83.0 cm³/mol. The van der Waals surface area contributed by atoms with Crippen LogP contribution in [0.15, 0.2) is 24.3 Å². The van der Waals surface area contributed by atoms with E-state index in [0.29, 0.717) is 30.9 Å². The molecular formula is C16H20N2O5. The smallest absolute Gasteiger partial charge is 0.329 e. The van der Waals surface area contributed by atoms with E-state index >= 15 is 0 Å².